The SMILES string of the molecule is COc1ccc(C2C3(C#N)C(N4CCOCC4)=NC(=C(C#N)C#N)C23C#N)cc1OC. The van der Waals surface area contributed by atoms with Crippen molar-refractivity contribution < 1.29 is 14.2 Å². The molecule has 3 aliphatic rings. The highest BCUT2D eigenvalue weighted by Crippen LogP contribution is 2.81. The molecule has 1 aliphatic carbocycles. The molecule has 0 amide bonds. The van der Waals surface area contributed by atoms with Crippen molar-refractivity contribution in [2.75, 3.05) is 40.5 Å². The molecule has 1 aromatic rings. The number of ether oxygens (including phenoxy) is 3. The van der Waals surface area contributed by atoms with Gasteiger partial charge >= 0.3 is 0 Å². The summed E-state index contributed by atoms with van der Waals surface area (Å²) in [5.41, 5.74) is -2.27. The summed E-state index contributed by atoms with van der Waals surface area (Å²) < 4.78 is 16.1. The van der Waals surface area contributed by atoms with Gasteiger partial charge in [-0.15, -0.1) is 0 Å². The summed E-state index contributed by atoms with van der Waals surface area (Å²) in [5.74, 6) is 0.776. The second-order valence-corrected chi connectivity index (χ2v) is 7.37. The van der Waals surface area contributed by atoms with Gasteiger partial charge in [0, 0.05) is 19.0 Å². The van der Waals surface area contributed by atoms with Crippen molar-refractivity contribution in [2.24, 2.45) is 15.8 Å². The van der Waals surface area contributed by atoms with Gasteiger partial charge in [-0.3, -0.25) is 0 Å². The van der Waals surface area contributed by atoms with E-state index < -0.39 is 16.7 Å². The number of aliphatic imine (C=N–C) groups is 1. The number of hydrogen-bond donors (Lipinski definition) is 0. The average Bonchev–Trinajstić information content (AvgIpc) is 3.34. The summed E-state index contributed by atoms with van der Waals surface area (Å²) in [6.45, 7) is 1.93. The molecule has 0 spiro atoms. The summed E-state index contributed by atoms with van der Waals surface area (Å²) >= 11 is 0. The molecule has 0 bridgehead atoms. The summed E-state index contributed by atoms with van der Waals surface area (Å²) in [5, 5.41) is 39.8. The van der Waals surface area contributed by atoms with Crippen LogP contribution in [0.15, 0.2) is 34.5 Å². The summed E-state index contributed by atoms with van der Waals surface area (Å²) in [6.07, 6.45) is 0. The lowest BCUT2D eigenvalue weighted by atomic mass is 9.91. The van der Waals surface area contributed by atoms with Crippen LogP contribution in [0.1, 0.15) is 11.5 Å². The van der Waals surface area contributed by atoms with Crippen LogP contribution in [-0.2, 0) is 4.74 Å². The number of rotatable bonds is 3. The largest absolute Gasteiger partial charge is 0.493 e. The van der Waals surface area contributed by atoms with Gasteiger partial charge in [0.15, 0.2) is 17.1 Å². The van der Waals surface area contributed by atoms with E-state index in [-0.39, 0.29) is 11.3 Å². The third kappa shape index (κ3) is 2.45. The van der Waals surface area contributed by atoms with Crippen LogP contribution in [0.3, 0.4) is 0 Å². The number of amidine groups is 1. The fourth-order valence-corrected chi connectivity index (χ4v) is 4.81. The molecule has 2 heterocycles. The van der Waals surface area contributed by atoms with Crippen molar-refractivity contribution in [1.82, 2.24) is 4.90 Å². The summed E-state index contributed by atoms with van der Waals surface area (Å²) in [7, 11) is 3.03. The second kappa shape index (κ2) is 7.33. The van der Waals surface area contributed by atoms with Crippen molar-refractivity contribution in [3.63, 3.8) is 0 Å². The number of allylic oxidation sites excluding steroid dienone is 2. The minimum Gasteiger partial charge on any atom is -0.493 e. The highest BCUT2D eigenvalue weighted by atomic mass is 16.5. The maximum absolute atomic E-state index is 10.4. The Balaban J connectivity index is 1.95. The van der Waals surface area contributed by atoms with Gasteiger partial charge in [-0.25, -0.2) is 4.99 Å². The predicted octanol–water partition coefficient (Wildman–Crippen LogP) is 1.87. The first-order valence-corrected chi connectivity index (χ1v) is 9.60. The Hall–Kier alpha value is -4.05. The average molecular weight is 414 g/mol. The number of hydrogen-bond acceptors (Lipinski definition) is 9. The van der Waals surface area contributed by atoms with E-state index in [1.165, 1.54) is 14.2 Å². The monoisotopic (exact) mass is 414 g/mol. The van der Waals surface area contributed by atoms with E-state index in [2.05, 4.69) is 17.1 Å². The highest BCUT2D eigenvalue weighted by Gasteiger charge is 2.87. The Morgan fingerprint density at radius 2 is 1.68 bits per heavy atom. The number of methoxy groups -OCH3 is 2. The highest BCUT2D eigenvalue weighted by molar-refractivity contribution is 6.04. The van der Waals surface area contributed by atoms with Crippen LogP contribution in [0.25, 0.3) is 0 Å². The third-order valence-corrected chi connectivity index (χ3v) is 6.21. The Morgan fingerprint density at radius 3 is 2.23 bits per heavy atom. The van der Waals surface area contributed by atoms with Crippen molar-refractivity contribution in [3.05, 3.63) is 35.0 Å². The first-order valence-electron chi connectivity index (χ1n) is 9.60. The number of fused-ring (bicyclic) bond motifs is 1. The zero-order valence-corrected chi connectivity index (χ0v) is 17.0. The number of nitriles is 4. The van der Waals surface area contributed by atoms with E-state index in [9.17, 15) is 21.0 Å². The molecule has 9 nitrogen and oxygen atoms in total. The fourth-order valence-electron chi connectivity index (χ4n) is 4.81. The molecule has 1 saturated carbocycles. The fraction of sp³-hybridized carbons (Fsp3) is 0.409. The lowest BCUT2D eigenvalue weighted by Gasteiger charge is -2.31. The van der Waals surface area contributed by atoms with E-state index in [1.807, 2.05) is 17.0 Å². The van der Waals surface area contributed by atoms with Crippen LogP contribution in [-0.4, -0.2) is 51.3 Å². The Bertz CT molecular complexity index is 1160. The van der Waals surface area contributed by atoms with Crippen LogP contribution in [0.2, 0.25) is 0 Å². The third-order valence-electron chi connectivity index (χ3n) is 6.21. The molecule has 3 atom stereocenters. The topological polar surface area (TPSA) is 138 Å². The number of benzene rings is 1. The standard InChI is InChI=1S/C22H18N6O3/c1-29-16-4-3-14(9-17(16)30-2)18-21(12-25)19(15(10-23)11-24)27-20(22(18,21)13-26)28-5-7-31-8-6-28/h3-4,9,18H,5-8H2,1-2H3. The van der Waals surface area contributed by atoms with Gasteiger partial charge in [-0.2, -0.15) is 21.0 Å². The normalized spacial score (nSPS) is 28.2. The molecular weight excluding hydrogens is 396 g/mol. The molecule has 0 radical (unpaired) electrons. The van der Waals surface area contributed by atoms with Gasteiger partial charge in [0.1, 0.15) is 28.8 Å². The molecule has 0 N–H and O–H groups in total. The minimum absolute atomic E-state index is 0.0582. The van der Waals surface area contributed by atoms with E-state index in [0.29, 0.717) is 49.2 Å². The van der Waals surface area contributed by atoms with E-state index in [0.717, 1.165) is 0 Å². The van der Waals surface area contributed by atoms with E-state index in [4.69, 9.17) is 14.2 Å². The van der Waals surface area contributed by atoms with Crippen molar-refractivity contribution >= 4 is 5.84 Å². The van der Waals surface area contributed by atoms with Crippen LogP contribution in [0.4, 0.5) is 0 Å². The van der Waals surface area contributed by atoms with Crippen molar-refractivity contribution in [2.45, 2.75) is 5.92 Å². The quantitative estimate of drug-likeness (QED) is 0.683. The van der Waals surface area contributed by atoms with Crippen molar-refractivity contribution in [1.29, 1.82) is 21.0 Å². The molecule has 9 heteroatoms. The molecule has 2 fully saturated rings. The van der Waals surface area contributed by atoms with Gasteiger partial charge in [0.25, 0.3) is 0 Å². The lowest BCUT2D eigenvalue weighted by Crippen LogP contribution is -2.44. The zero-order valence-electron chi connectivity index (χ0n) is 17.0. The lowest BCUT2D eigenvalue weighted by molar-refractivity contribution is 0.0662. The summed E-state index contributed by atoms with van der Waals surface area (Å²) in [4.78, 5) is 6.46. The Morgan fingerprint density at radius 1 is 1.03 bits per heavy atom. The Labute approximate surface area is 179 Å². The first-order chi connectivity index (χ1) is 15.1. The Kier molecular flexibility index (Phi) is 4.78. The van der Waals surface area contributed by atoms with E-state index >= 15 is 0 Å². The zero-order chi connectivity index (χ0) is 22.2. The molecule has 31 heavy (non-hydrogen) atoms. The number of nitrogens with zero attached hydrogens (tertiary/aromatic N) is 6. The molecule has 3 unspecified atom stereocenters. The summed E-state index contributed by atoms with van der Waals surface area (Å²) in [6, 6.07) is 13.5. The molecular formula is C22H18N6O3. The van der Waals surface area contributed by atoms with Crippen molar-refractivity contribution in [3.8, 4) is 35.8 Å². The second-order valence-electron chi connectivity index (χ2n) is 7.37. The van der Waals surface area contributed by atoms with Crippen LogP contribution >= 0.6 is 0 Å². The number of morpholine rings is 1. The molecule has 2 aliphatic heterocycles. The molecule has 154 valence electrons. The molecule has 1 aromatic carbocycles. The van der Waals surface area contributed by atoms with Gasteiger partial charge in [0.05, 0.1) is 45.3 Å². The van der Waals surface area contributed by atoms with Crippen LogP contribution < -0.4 is 9.47 Å². The smallest absolute Gasteiger partial charge is 0.160 e. The molecule has 0 aromatic heterocycles. The minimum atomic E-state index is -1.43. The van der Waals surface area contributed by atoms with Gasteiger partial charge in [-0.1, -0.05) is 6.07 Å². The maximum Gasteiger partial charge on any atom is 0.160 e. The predicted molar refractivity (Wildman–Crippen MR) is 106 cm³/mol. The first kappa shape index (κ1) is 20.2. The van der Waals surface area contributed by atoms with Crippen LogP contribution in [0, 0.1) is 56.2 Å². The molecule has 1 saturated heterocycles. The molecule has 4 rings (SSSR count). The van der Waals surface area contributed by atoms with E-state index in [1.54, 1.807) is 18.2 Å². The maximum atomic E-state index is 10.4. The van der Waals surface area contributed by atoms with Crippen LogP contribution in [0.5, 0.6) is 11.5 Å². The van der Waals surface area contributed by atoms with Gasteiger partial charge < -0.3 is 19.1 Å². The van der Waals surface area contributed by atoms with Gasteiger partial charge in [0.2, 0.25) is 0 Å². The van der Waals surface area contributed by atoms with Gasteiger partial charge in [-0.05, 0) is 17.7 Å².